The normalized spacial score (nSPS) is 10.6. The maximum Gasteiger partial charge on any atom is 0.277 e. The van der Waals surface area contributed by atoms with Crippen molar-refractivity contribution in [3.63, 3.8) is 0 Å². The number of aromatic amines is 1. The maximum atomic E-state index is 12.3. The molecule has 0 aliphatic rings. The summed E-state index contributed by atoms with van der Waals surface area (Å²) >= 11 is 13.2. The van der Waals surface area contributed by atoms with Gasteiger partial charge >= 0.3 is 0 Å². The molecule has 0 bridgehead atoms. The Morgan fingerprint density at radius 3 is 2.52 bits per heavy atom. The van der Waals surface area contributed by atoms with Crippen LogP contribution in [0.25, 0.3) is 0 Å². The summed E-state index contributed by atoms with van der Waals surface area (Å²) in [5.74, 6) is -0.0386. The molecule has 0 saturated heterocycles. The zero-order valence-corrected chi connectivity index (χ0v) is 16.2. The number of thioether (sulfide) groups is 1. The number of nitrogens with zero attached hydrogens (tertiary/aromatic N) is 1. The van der Waals surface area contributed by atoms with Gasteiger partial charge in [-0.15, -0.1) is 0 Å². The molecule has 0 saturated carbocycles. The molecule has 2 aromatic carbocycles. The summed E-state index contributed by atoms with van der Waals surface area (Å²) in [5, 5.41) is 3.95. The number of aromatic nitrogens is 2. The summed E-state index contributed by atoms with van der Waals surface area (Å²) < 4.78 is 0. The summed E-state index contributed by atoms with van der Waals surface area (Å²) in [4.78, 5) is 31.3. The fraction of sp³-hybridized carbons (Fsp3) is 0.0556. The third-order valence-electron chi connectivity index (χ3n) is 3.59. The van der Waals surface area contributed by atoms with Crippen LogP contribution in [-0.4, -0.2) is 15.9 Å². The first-order valence-electron chi connectivity index (χ1n) is 7.77. The summed E-state index contributed by atoms with van der Waals surface area (Å²) in [6.45, 7) is 0. The van der Waals surface area contributed by atoms with Gasteiger partial charge in [0, 0.05) is 21.4 Å². The van der Waals surface area contributed by atoms with Crippen LogP contribution in [0, 0.1) is 0 Å². The van der Waals surface area contributed by atoms with Crippen LogP contribution in [0.2, 0.25) is 10.0 Å². The summed E-state index contributed by atoms with van der Waals surface area (Å²) in [6, 6.07) is 13.6. The standard InChI is InChI=1S/C18H14Cl2N4O2S/c19-12-7-5-10(6-8-12)16(25)22-14-15(21)23-18(24-17(14)26)27-9-11-3-1-2-4-13(11)20/h1-8H,9H2,(H,22,25)(H3,21,23,24,26). The number of carbonyl (C=O) groups excluding carboxylic acids is 1. The smallest absolute Gasteiger partial charge is 0.277 e. The third kappa shape index (κ3) is 4.82. The van der Waals surface area contributed by atoms with Gasteiger partial charge in [-0.05, 0) is 35.9 Å². The number of rotatable bonds is 5. The van der Waals surface area contributed by atoms with E-state index in [2.05, 4.69) is 15.3 Å². The number of nitrogen functional groups attached to an aromatic ring is 1. The van der Waals surface area contributed by atoms with E-state index in [9.17, 15) is 9.59 Å². The Kier molecular flexibility index (Phi) is 6.05. The molecule has 6 nitrogen and oxygen atoms in total. The molecule has 27 heavy (non-hydrogen) atoms. The number of halogens is 2. The number of amides is 1. The van der Waals surface area contributed by atoms with Gasteiger partial charge in [-0.2, -0.15) is 0 Å². The molecule has 0 spiro atoms. The first-order chi connectivity index (χ1) is 12.9. The lowest BCUT2D eigenvalue weighted by molar-refractivity contribution is 0.102. The molecule has 138 valence electrons. The Labute approximate surface area is 169 Å². The van der Waals surface area contributed by atoms with Crippen molar-refractivity contribution in [1.82, 2.24) is 9.97 Å². The highest BCUT2D eigenvalue weighted by atomic mass is 35.5. The molecule has 0 fully saturated rings. The minimum atomic E-state index is -0.536. The Bertz CT molecular complexity index is 1040. The van der Waals surface area contributed by atoms with E-state index < -0.39 is 11.5 Å². The van der Waals surface area contributed by atoms with E-state index in [1.165, 1.54) is 11.8 Å². The van der Waals surface area contributed by atoms with E-state index in [0.29, 0.717) is 26.5 Å². The third-order valence-corrected chi connectivity index (χ3v) is 5.14. The SMILES string of the molecule is Nc1nc(SCc2ccccc2Cl)[nH]c(=O)c1NC(=O)c1ccc(Cl)cc1. The monoisotopic (exact) mass is 420 g/mol. The predicted octanol–water partition coefficient (Wildman–Crippen LogP) is 4.20. The number of hydrogen-bond donors (Lipinski definition) is 3. The van der Waals surface area contributed by atoms with Crippen molar-refractivity contribution >= 4 is 52.4 Å². The fourth-order valence-corrected chi connectivity index (χ4v) is 3.49. The lowest BCUT2D eigenvalue weighted by Crippen LogP contribution is -2.23. The highest BCUT2D eigenvalue weighted by Gasteiger charge is 2.14. The van der Waals surface area contributed by atoms with Gasteiger partial charge < -0.3 is 11.1 Å². The van der Waals surface area contributed by atoms with Gasteiger partial charge in [0.15, 0.2) is 11.0 Å². The van der Waals surface area contributed by atoms with Crippen LogP contribution >= 0.6 is 35.0 Å². The van der Waals surface area contributed by atoms with Crippen LogP contribution in [0.15, 0.2) is 58.5 Å². The van der Waals surface area contributed by atoms with Gasteiger partial charge in [-0.3, -0.25) is 14.6 Å². The second kappa shape index (κ2) is 8.47. The van der Waals surface area contributed by atoms with Crippen LogP contribution in [0.5, 0.6) is 0 Å². The molecule has 0 aliphatic carbocycles. The quantitative estimate of drug-likeness (QED) is 0.423. The lowest BCUT2D eigenvalue weighted by Gasteiger charge is -2.09. The highest BCUT2D eigenvalue weighted by molar-refractivity contribution is 7.98. The first-order valence-corrected chi connectivity index (χ1v) is 9.51. The first kappa shape index (κ1) is 19.3. The van der Waals surface area contributed by atoms with Crippen LogP contribution in [-0.2, 0) is 5.75 Å². The zero-order valence-electron chi connectivity index (χ0n) is 13.8. The number of nitrogens with two attached hydrogens (primary N) is 1. The van der Waals surface area contributed by atoms with Crippen molar-refractivity contribution in [2.75, 3.05) is 11.1 Å². The molecule has 4 N–H and O–H groups in total. The van der Waals surface area contributed by atoms with Gasteiger partial charge in [-0.25, -0.2) is 4.98 Å². The van der Waals surface area contributed by atoms with E-state index in [4.69, 9.17) is 28.9 Å². The van der Waals surface area contributed by atoms with Crippen molar-refractivity contribution < 1.29 is 4.79 Å². The molecule has 9 heteroatoms. The van der Waals surface area contributed by atoms with Crippen molar-refractivity contribution in [1.29, 1.82) is 0 Å². The van der Waals surface area contributed by atoms with Crippen molar-refractivity contribution in [2.24, 2.45) is 0 Å². The summed E-state index contributed by atoms with van der Waals surface area (Å²) in [5.41, 5.74) is 6.48. The number of H-pyrrole nitrogens is 1. The largest absolute Gasteiger partial charge is 0.382 e. The number of nitrogens with one attached hydrogen (secondary N) is 2. The maximum absolute atomic E-state index is 12.3. The van der Waals surface area contributed by atoms with Crippen LogP contribution in [0.3, 0.4) is 0 Å². The van der Waals surface area contributed by atoms with E-state index in [0.717, 1.165) is 5.56 Å². The minimum absolute atomic E-state index is 0.0669. The van der Waals surface area contributed by atoms with E-state index >= 15 is 0 Å². The Hall–Kier alpha value is -2.48. The Morgan fingerprint density at radius 2 is 1.85 bits per heavy atom. The summed E-state index contributed by atoms with van der Waals surface area (Å²) in [6.07, 6.45) is 0. The Balaban J connectivity index is 1.75. The second-order valence-electron chi connectivity index (χ2n) is 5.47. The molecule has 0 radical (unpaired) electrons. The number of benzene rings is 2. The number of hydrogen-bond acceptors (Lipinski definition) is 5. The number of carbonyl (C=O) groups is 1. The lowest BCUT2D eigenvalue weighted by atomic mass is 10.2. The van der Waals surface area contributed by atoms with Crippen molar-refractivity contribution in [3.05, 3.63) is 80.1 Å². The minimum Gasteiger partial charge on any atom is -0.382 e. The molecule has 1 amide bonds. The molecular weight excluding hydrogens is 407 g/mol. The van der Waals surface area contributed by atoms with Gasteiger partial charge in [0.1, 0.15) is 5.69 Å². The molecule has 0 atom stereocenters. The average Bonchev–Trinajstić information content (AvgIpc) is 2.64. The zero-order chi connectivity index (χ0) is 19.4. The fourth-order valence-electron chi connectivity index (χ4n) is 2.21. The predicted molar refractivity (Wildman–Crippen MR) is 110 cm³/mol. The van der Waals surface area contributed by atoms with E-state index in [-0.39, 0.29) is 11.5 Å². The van der Waals surface area contributed by atoms with Crippen LogP contribution < -0.4 is 16.6 Å². The highest BCUT2D eigenvalue weighted by Crippen LogP contribution is 2.25. The molecule has 0 aliphatic heterocycles. The Morgan fingerprint density at radius 1 is 1.15 bits per heavy atom. The van der Waals surface area contributed by atoms with Crippen molar-refractivity contribution in [3.8, 4) is 0 Å². The second-order valence-corrected chi connectivity index (χ2v) is 7.28. The molecule has 3 rings (SSSR count). The topological polar surface area (TPSA) is 101 Å². The van der Waals surface area contributed by atoms with Gasteiger partial charge in [0.25, 0.3) is 11.5 Å². The summed E-state index contributed by atoms with van der Waals surface area (Å²) in [7, 11) is 0. The van der Waals surface area contributed by atoms with Gasteiger partial charge in [0.05, 0.1) is 0 Å². The van der Waals surface area contributed by atoms with Gasteiger partial charge in [0.2, 0.25) is 0 Å². The van der Waals surface area contributed by atoms with Crippen LogP contribution in [0.1, 0.15) is 15.9 Å². The van der Waals surface area contributed by atoms with Gasteiger partial charge in [-0.1, -0.05) is 53.2 Å². The molecule has 1 heterocycles. The van der Waals surface area contributed by atoms with Crippen LogP contribution in [0.4, 0.5) is 11.5 Å². The average molecular weight is 421 g/mol. The molecule has 0 unspecified atom stereocenters. The molecule has 3 aromatic rings. The molecular formula is C18H14Cl2N4O2S. The van der Waals surface area contributed by atoms with Crippen molar-refractivity contribution in [2.45, 2.75) is 10.9 Å². The van der Waals surface area contributed by atoms with E-state index in [1.54, 1.807) is 30.3 Å². The molecule has 1 aromatic heterocycles. The number of anilines is 2. The van der Waals surface area contributed by atoms with E-state index in [1.807, 2.05) is 18.2 Å².